The SMILES string of the molecule is Cc1nnc(CNC(=NCc2ccccc2)NC2CCN(c3ccccn3)C2)n1C. The Morgan fingerprint density at radius 3 is 2.70 bits per heavy atom. The molecule has 8 heteroatoms. The molecule has 1 fully saturated rings. The molecule has 1 unspecified atom stereocenters. The summed E-state index contributed by atoms with van der Waals surface area (Å²) in [4.78, 5) is 11.6. The molecule has 0 bridgehead atoms. The molecule has 0 radical (unpaired) electrons. The van der Waals surface area contributed by atoms with Crippen LogP contribution in [-0.2, 0) is 20.1 Å². The molecular weight excluding hydrogens is 376 g/mol. The van der Waals surface area contributed by atoms with Gasteiger partial charge in [0.1, 0.15) is 11.6 Å². The highest BCUT2D eigenvalue weighted by molar-refractivity contribution is 5.80. The minimum atomic E-state index is 0.301. The van der Waals surface area contributed by atoms with Gasteiger partial charge in [0.25, 0.3) is 0 Å². The Labute approximate surface area is 177 Å². The number of hydrogen-bond acceptors (Lipinski definition) is 5. The number of rotatable bonds is 6. The second-order valence-corrected chi connectivity index (χ2v) is 7.49. The van der Waals surface area contributed by atoms with E-state index in [1.807, 2.05) is 55.1 Å². The molecule has 3 heterocycles. The summed E-state index contributed by atoms with van der Waals surface area (Å²) in [5.41, 5.74) is 1.18. The van der Waals surface area contributed by atoms with Gasteiger partial charge in [0, 0.05) is 32.4 Å². The zero-order valence-corrected chi connectivity index (χ0v) is 17.5. The maximum absolute atomic E-state index is 4.81. The third-order valence-corrected chi connectivity index (χ3v) is 5.36. The van der Waals surface area contributed by atoms with Crippen LogP contribution in [0, 0.1) is 6.92 Å². The van der Waals surface area contributed by atoms with E-state index in [9.17, 15) is 0 Å². The number of hydrogen-bond donors (Lipinski definition) is 2. The lowest BCUT2D eigenvalue weighted by atomic mass is 10.2. The number of aliphatic imine (C=N–C) groups is 1. The van der Waals surface area contributed by atoms with E-state index in [2.05, 4.69) is 48.9 Å². The quantitative estimate of drug-likeness (QED) is 0.483. The zero-order chi connectivity index (χ0) is 20.8. The summed E-state index contributed by atoms with van der Waals surface area (Å²) in [5, 5.41) is 15.4. The van der Waals surface area contributed by atoms with Gasteiger partial charge in [-0.3, -0.25) is 0 Å². The zero-order valence-electron chi connectivity index (χ0n) is 17.5. The summed E-state index contributed by atoms with van der Waals surface area (Å²) in [5.74, 6) is 3.58. The highest BCUT2D eigenvalue weighted by atomic mass is 15.3. The number of aromatic nitrogens is 4. The summed E-state index contributed by atoms with van der Waals surface area (Å²) >= 11 is 0. The Bertz CT molecular complexity index is 967. The number of nitrogens with one attached hydrogen (secondary N) is 2. The molecule has 1 atom stereocenters. The van der Waals surface area contributed by atoms with Crippen LogP contribution in [0.4, 0.5) is 5.82 Å². The van der Waals surface area contributed by atoms with Crippen molar-refractivity contribution in [2.75, 3.05) is 18.0 Å². The molecule has 0 spiro atoms. The smallest absolute Gasteiger partial charge is 0.192 e. The fourth-order valence-corrected chi connectivity index (χ4v) is 3.49. The Balaban J connectivity index is 1.42. The average Bonchev–Trinajstić information content (AvgIpc) is 3.38. The van der Waals surface area contributed by atoms with Crippen molar-refractivity contribution in [2.45, 2.75) is 32.5 Å². The summed E-state index contributed by atoms with van der Waals surface area (Å²) in [6.07, 6.45) is 2.87. The second kappa shape index (κ2) is 9.39. The third-order valence-electron chi connectivity index (χ3n) is 5.36. The molecule has 1 aromatic carbocycles. The minimum absolute atomic E-state index is 0.301. The Hall–Kier alpha value is -3.42. The van der Waals surface area contributed by atoms with Crippen molar-refractivity contribution in [1.82, 2.24) is 30.4 Å². The van der Waals surface area contributed by atoms with Crippen LogP contribution in [0.15, 0.2) is 59.7 Å². The van der Waals surface area contributed by atoms with E-state index in [4.69, 9.17) is 4.99 Å². The lowest BCUT2D eigenvalue weighted by molar-refractivity contribution is 0.636. The van der Waals surface area contributed by atoms with Crippen molar-refractivity contribution in [3.8, 4) is 0 Å². The van der Waals surface area contributed by atoms with Gasteiger partial charge in [0.2, 0.25) is 0 Å². The van der Waals surface area contributed by atoms with Gasteiger partial charge < -0.3 is 20.1 Å². The summed E-state index contributed by atoms with van der Waals surface area (Å²) in [6.45, 7) is 5.00. The number of guanidine groups is 1. The standard InChI is InChI=1S/C22H28N8/c1-17-27-28-21(29(17)2)15-25-22(24-14-18-8-4-3-5-9-18)26-19-11-13-30(16-19)20-10-6-7-12-23-20/h3-10,12,19H,11,13-16H2,1-2H3,(H2,24,25,26). The molecule has 0 saturated carbocycles. The van der Waals surface area contributed by atoms with Gasteiger partial charge in [-0.25, -0.2) is 9.98 Å². The highest BCUT2D eigenvalue weighted by Gasteiger charge is 2.24. The van der Waals surface area contributed by atoms with E-state index in [0.29, 0.717) is 19.1 Å². The number of anilines is 1. The first-order valence-corrected chi connectivity index (χ1v) is 10.3. The summed E-state index contributed by atoms with van der Waals surface area (Å²) in [6, 6.07) is 16.6. The maximum atomic E-state index is 4.81. The van der Waals surface area contributed by atoms with E-state index >= 15 is 0 Å². The van der Waals surface area contributed by atoms with Crippen molar-refractivity contribution in [3.05, 3.63) is 71.9 Å². The van der Waals surface area contributed by atoms with E-state index in [0.717, 1.165) is 42.9 Å². The summed E-state index contributed by atoms with van der Waals surface area (Å²) < 4.78 is 1.99. The van der Waals surface area contributed by atoms with Crippen molar-refractivity contribution in [2.24, 2.45) is 12.0 Å². The van der Waals surface area contributed by atoms with Crippen molar-refractivity contribution < 1.29 is 0 Å². The number of pyridine rings is 1. The Morgan fingerprint density at radius 2 is 1.97 bits per heavy atom. The normalized spacial score (nSPS) is 16.7. The van der Waals surface area contributed by atoms with Crippen LogP contribution in [0.2, 0.25) is 0 Å². The van der Waals surface area contributed by atoms with Crippen molar-refractivity contribution in [1.29, 1.82) is 0 Å². The molecule has 1 saturated heterocycles. The molecule has 0 amide bonds. The largest absolute Gasteiger partial charge is 0.354 e. The monoisotopic (exact) mass is 404 g/mol. The maximum Gasteiger partial charge on any atom is 0.192 e. The van der Waals surface area contributed by atoms with Gasteiger partial charge >= 0.3 is 0 Å². The van der Waals surface area contributed by atoms with Crippen LogP contribution in [0.5, 0.6) is 0 Å². The Morgan fingerprint density at radius 1 is 1.13 bits per heavy atom. The molecule has 1 aliphatic rings. The van der Waals surface area contributed by atoms with Gasteiger partial charge in [-0.2, -0.15) is 0 Å². The van der Waals surface area contributed by atoms with Crippen LogP contribution < -0.4 is 15.5 Å². The van der Waals surface area contributed by atoms with Crippen LogP contribution >= 0.6 is 0 Å². The first kappa shape index (κ1) is 19.9. The molecule has 1 aliphatic heterocycles. The van der Waals surface area contributed by atoms with Gasteiger partial charge in [-0.1, -0.05) is 36.4 Å². The van der Waals surface area contributed by atoms with Gasteiger partial charge in [-0.15, -0.1) is 10.2 Å². The van der Waals surface area contributed by atoms with Gasteiger partial charge in [0.05, 0.1) is 13.1 Å². The first-order chi connectivity index (χ1) is 14.7. The molecule has 2 aromatic heterocycles. The molecule has 156 valence electrons. The molecule has 0 aliphatic carbocycles. The van der Waals surface area contributed by atoms with Crippen LogP contribution in [0.1, 0.15) is 23.6 Å². The molecule has 2 N–H and O–H groups in total. The first-order valence-electron chi connectivity index (χ1n) is 10.3. The molecule has 8 nitrogen and oxygen atoms in total. The molecular formula is C22H28N8. The van der Waals surface area contributed by atoms with Gasteiger partial charge in [-0.05, 0) is 31.0 Å². The van der Waals surface area contributed by atoms with E-state index < -0.39 is 0 Å². The van der Waals surface area contributed by atoms with Crippen LogP contribution in [-0.4, -0.2) is 44.8 Å². The molecule has 30 heavy (non-hydrogen) atoms. The molecule has 3 aromatic rings. The number of aryl methyl sites for hydroxylation is 1. The lowest BCUT2D eigenvalue weighted by Crippen LogP contribution is -2.44. The summed E-state index contributed by atoms with van der Waals surface area (Å²) in [7, 11) is 1.97. The fraction of sp³-hybridized carbons (Fsp3) is 0.364. The highest BCUT2D eigenvalue weighted by Crippen LogP contribution is 2.17. The number of benzene rings is 1. The van der Waals surface area contributed by atoms with Crippen LogP contribution in [0.25, 0.3) is 0 Å². The van der Waals surface area contributed by atoms with Crippen molar-refractivity contribution >= 4 is 11.8 Å². The second-order valence-electron chi connectivity index (χ2n) is 7.49. The van der Waals surface area contributed by atoms with E-state index in [-0.39, 0.29) is 0 Å². The van der Waals surface area contributed by atoms with E-state index in [1.165, 1.54) is 5.56 Å². The lowest BCUT2D eigenvalue weighted by Gasteiger charge is -2.20. The minimum Gasteiger partial charge on any atom is -0.354 e. The number of nitrogens with zero attached hydrogens (tertiary/aromatic N) is 6. The van der Waals surface area contributed by atoms with Crippen molar-refractivity contribution in [3.63, 3.8) is 0 Å². The van der Waals surface area contributed by atoms with Crippen LogP contribution in [0.3, 0.4) is 0 Å². The topological polar surface area (TPSA) is 83.3 Å². The molecule has 4 rings (SSSR count). The van der Waals surface area contributed by atoms with Gasteiger partial charge in [0.15, 0.2) is 11.8 Å². The third kappa shape index (κ3) is 4.94. The fourth-order valence-electron chi connectivity index (χ4n) is 3.49. The Kier molecular flexibility index (Phi) is 6.22. The predicted molar refractivity (Wildman–Crippen MR) is 118 cm³/mol. The average molecular weight is 405 g/mol. The van der Waals surface area contributed by atoms with E-state index in [1.54, 1.807) is 0 Å². The predicted octanol–water partition coefficient (Wildman–Crippen LogP) is 2.03.